The molecule has 3 fully saturated rings. The molecule has 20 heavy (non-hydrogen) atoms. The number of aliphatic carboxylic acids is 1. The van der Waals surface area contributed by atoms with Crippen LogP contribution >= 0.6 is 0 Å². The maximum atomic E-state index is 12.3. The van der Waals surface area contributed by atoms with Crippen LogP contribution in [-0.2, 0) is 14.4 Å². The van der Waals surface area contributed by atoms with Crippen LogP contribution in [0, 0.1) is 11.8 Å². The number of hydrogen-bond acceptors (Lipinski definition) is 3. The van der Waals surface area contributed by atoms with Crippen molar-refractivity contribution in [2.24, 2.45) is 11.8 Å². The molecule has 3 rings (SSSR count). The Morgan fingerprint density at radius 1 is 1.05 bits per heavy atom. The van der Waals surface area contributed by atoms with Gasteiger partial charge in [0.25, 0.3) is 0 Å². The summed E-state index contributed by atoms with van der Waals surface area (Å²) < 4.78 is 0. The van der Waals surface area contributed by atoms with Crippen LogP contribution in [0.2, 0.25) is 0 Å². The molecule has 0 aromatic carbocycles. The summed E-state index contributed by atoms with van der Waals surface area (Å²) in [5.74, 6) is -1.49. The van der Waals surface area contributed by atoms with Crippen molar-refractivity contribution in [2.75, 3.05) is 19.6 Å². The van der Waals surface area contributed by atoms with E-state index in [1.807, 2.05) is 4.90 Å². The topological polar surface area (TPSA) is 77.9 Å². The summed E-state index contributed by atoms with van der Waals surface area (Å²) in [6.07, 6.45) is 4.73. The van der Waals surface area contributed by atoms with Crippen molar-refractivity contribution in [1.82, 2.24) is 9.80 Å². The second kappa shape index (κ2) is 5.07. The van der Waals surface area contributed by atoms with E-state index in [4.69, 9.17) is 5.11 Å². The van der Waals surface area contributed by atoms with Gasteiger partial charge in [0.1, 0.15) is 0 Å². The molecule has 1 atom stereocenters. The highest BCUT2D eigenvalue weighted by molar-refractivity contribution is 5.90. The fourth-order valence-corrected chi connectivity index (χ4v) is 3.54. The number of nitrogens with zero attached hydrogens (tertiary/aromatic N) is 2. The third-order valence-corrected chi connectivity index (χ3v) is 4.82. The number of hydrogen-bond donors (Lipinski definition) is 1. The van der Waals surface area contributed by atoms with Crippen LogP contribution in [0.25, 0.3) is 0 Å². The first-order valence-corrected chi connectivity index (χ1v) is 7.37. The lowest BCUT2D eigenvalue weighted by atomic mass is 9.97. The van der Waals surface area contributed by atoms with Gasteiger partial charge in [-0.2, -0.15) is 0 Å². The van der Waals surface area contributed by atoms with Gasteiger partial charge in [-0.3, -0.25) is 14.4 Å². The van der Waals surface area contributed by atoms with Gasteiger partial charge in [0.15, 0.2) is 0 Å². The molecular formula is C14H20N2O4. The van der Waals surface area contributed by atoms with E-state index in [9.17, 15) is 14.4 Å². The second-order valence-corrected chi connectivity index (χ2v) is 6.16. The molecule has 3 aliphatic rings. The van der Waals surface area contributed by atoms with Crippen molar-refractivity contribution >= 4 is 17.8 Å². The number of carboxylic acids is 1. The Labute approximate surface area is 117 Å². The van der Waals surface area contributed by atoms with E-state index >= 15 is 0 Å². The Morgan fingerprint density at radius 2 is 1.70 bits per heavy atom. The summed E-state index contributed by atoms with van der Waals surface area (Å²) in [6.45, 7) is 1.11. The van der Waals surface area contributed by atoms with Crippen molar-refractivity contribution in [3.8, 4) is 0 Å². The van der Waals surface area contributed by atoms with E-state index in [0.29, 0.717) is 32.1 Å². The number of carbonyl (C=O) groups excluding carboxylic acids is 2. The van der Waals surface area contributed by atoms with Crippen molar-refractivity contribution in [3.05, 3.63) is 0 Å². The molecule has 2 heterocycles. The van der Waals surface area contributed by atoms with Crippen molar-refractivity contribution in [1.29, 1.82) is 0 Å². The fraction of sp³-hybridized carbons (Fsp3) is 0.786. The molecule has 0 aromatic rings. The molecule has 2 aliphatic heterocycles. The maximum absolute atomic E-state index is 12.3. The van der Waals surface area contributed by atoms with Gasteiger partial charge in [-0.05, 0) is 12.8 Å². The minimum Gasteiger partial charge on any atom is -0.481 e. The van der Waals surface area contributed by atoms with Crippen LogP contribution in [0.3, 0.4) is 0 Å². The molecule has 0 spiro atoms. The molecule has 1 N–H and O–H groups in total. The number of amides is 2. The highest BCUT2D eigenvalue weighted by atomic mass is 16.4. The van der Waals surface area contributed by atoms with Gasteiger partial charge in [-0.25, -0.2) is 0 Å². The molecule has 110 valence electrons. The van der Waals surface area contributed by atoms with Crippen LogP contribution in [0.4, 0.5) is 0 Å². The molecule has 0 bridgehead atoms. The highest BCUT2D eigenvalue weighted by Crippen LogP contribution is 2.31. The molecule has 6 heteroatoms. The molecule has 0 aromatic heterocycles. The van der Waals surface area contributed by atoms with E-state index in [1.165, 1.54) is 12.8 Å². The van der Waals surface area contributed by atoms with Crippen LogP contribution in [-0.4, -0.2) is 58.4 Å². The summed E-state index contributed by atoms with van der Waals surface area (Å²) in [5.41, 5.74) is 0. The number of likely N-dealkylation sites (tertiary alicyclic amines) is 2. The van der Waals surface area contributed by atoms with Crippen molar-refractivity contribution in [3.63, 3.8) is 0 Å². The molecule has 6 nitrogen and oxygen atoms in total. The smallest absolute Gasteiger partial charge is 0.310 e. The van der Waals surface area contributed by atoms with E-state index in [2.05, 4.69) is 0 Å². The molecule has 1 saturated carbocycles. The molecule has 0 radical (unpaired) electrons. The fourth-order valence-electron chi connectivity index (χ4n) is 3.54. The van der Waals surface area contributed by atoms with E-state index in [-0.39, 0.29) is 17.7 Å². The summed E-state index contributed by atoms with van der Waals surface area (Å²) in [6, 6.07) is 0.323. The van der Waals surface area contributed by atoms with Crippen molar-refractivity contribution in [2.45, 2.75) is 38.1 Å². The zero-order valence-corrected chi connectivity index (χ0v) is 11.5. The van der Waals surface area contributed by atoms with Gasteiger partial charge in [0, 0.05) is 32.1 Å². The Bertz CT molecular complexity index is 438. The van der Waals surface area contributed by atoms with Gasteiger partial charge in [0.2, 0.25) is 11.8 Å². The second-order valence-electron chi connectivity index (χ2n) is 6.16. The Kier molecular flexibility index (Phi) is 3.40. The highest BCUT2D eigenvalue weighted by Gasteiger charge is 2.43. The first-order valence-electron chi connectivity index (χ1n) is 7.37. The van der Waals surface area contributed by atoms with Gasteiger partial charge in [-0.1, -0.05) is 12.8 Å². The quantitative estimate of drug-likeness (QED) is 0.807. The maximum Gasteiger partial charge on any atom is 0.310 e. The molecule has 2 saturated heterocycles. The van der Waals surface area contributed by atoms with E-state index < -0.39 is 11.9 Å². The summed E-state index contributed by atoms with van der Waals surface area (Å²) in [4.78, 5) is 38.5. The van der Waals surface area contributed by atoms with Gasteiger partial charge < -0.3 is 14.9 Å². The average molecular weight is 280 g/mol. The zero-order valence-electron chi connectivity index (χ0n) is 11.5. The molecule has 1 unspecified atom stereocenters. The lowest BCUT2D eigenvalue weighted by Crippen LogP contribution is -2.55. The largest absolute Gasteiger partial charge is 0.481 e. The third kappa shape index (κ3) is 2.27. The van der Waals surface area contributed by atoms with Gasteiger partial charge in [0.05, 0.1) is 11.8 Å². The van der Waals surface area contributed by atoms with Crippen LogP contribution in [0.15, 0.2) is 0 Å². The minimum absolute atomic E-state index is 0.0450. The third-order valence-electron chi connectivity index (χ3n) is 4.82. The molecular weight excluding hydrogens is 260 g/mol. The monoisotopic (exact) mass is 280 g/mol. The Morgan fingerprint density at radius 3 is 2.30 bits per heavy atom. The number of carbonyl (C=O) groups is 3. The molecule has 1 aliphatic carbocycles. The lowest BCUT2D eigenvalue weighted by Gasteiger charge is -2.38. The normalized spacial score (nSPS) is 28.0. The van der Waals surface area contributed by atoms with Crippen LogP contribution < -0.4 is 0 Å². The van der Waals surface area contributed by atoms with Crippen molar-refractivity contribution < 1.29 is 19.5 Å². The SMILES string of the molecule is O=C(O)C1CN(C(=O)C2CC(=O)N(C3CCCC3)C2)C1. The zero-order chi connectivity index (χ0) is 14.3. The first kappa shape index (κ1) is 13.4. The Balaban J connectivity index is 1.55. The van der Waals surface area contributed by atoms with E-state index in [1.54, 1.807) is 4.90 Å². The van der Waals surface area contributed by atoms with E-state index in [0.717, 1.165) is 12.8 Å². The van der Waals surface area contributed by atoms with Crippen LogP contribution in [0.1, 0.15) is 32.1 Å². The predicted octanol–water partition coefficient (Wildman–Crippen LogP) is 0.320. The molecule has 2 amide bonds. The average Bonchev–Trinajstić information content (AvgIpc) is 2.94. The lowest BCUT2D eigenvalue weighted by molar-refractivity contribution is -0.154. The summed E-state index contributed by atoms with van der Waals surface area (Å²) >= 11 is 0. The minimum atomic E-state index is -0.843. The predicted molar refractivity (Wildman–Crippen MR) is 69.8 cm³/mol. The van der Waals surface area contributed by atoms with Gasteiger partial charge in [-0.15, -0.1) is 0 Å². The summed E-state index contributed by atoms with van der Waals surface area (Å²) in [7, 11) is 0. The number of carboxylic acid groups (broad SMARTS) is 1. The van der Waals surface area contributed by atoms with Crippen LogP contribution in [0.5, 0.6) is 0 Å². The summed E-state index contributed by atoms with van der Waals surface area (Å²) in [5, 5.41) is 8.83. The first-order chi connectivity index (χ1) is 9.56. The number of rotatable bonds is 3. The Hall–Kier alpha value is -1.59. The van der Waals surface area contributed by atoms with Gasteiger partial charge >= 0.3 is 5.97 Å². The standard InChI is InChI=1S/C14H20N2O4/c17-12-5-9(8-16(12)11-3-1-2-4-11)13(18)15-6-10(7-15)14(19)20/h9-11H,1-8H2,(H,19,20).